The van der Waals surface area contributed by atoms with Crippen LogP contribution in [0, 0.1) is 6.92 Å². The van der Waals surface area contributed by atoms with Gasteiger partial charge in [0.1, 0.15) is 5.82 Å². The van der Waals surface area contributed by atoms with Gasteiger partial charge in [0.2, 0.25) is 0 Å². The Bertz CT molecular complexity index is 917. The summed E-state index contributed by atoms with van der Waals surface area (Å²) in [7, 11) is 2.12. The zero-order valence-electron chi connectivity index (χ0n) is 16.0. The SMILES string of the molecule is Cc1cc(CN(C)C2CN(c3ccc4nnc(C(C)(C)C)n4n3)C2)on1. The Kier molecular flexibility index (Phi) is 3.95. The third kappa shape index (κ3) is 3.05. The van der Waals surface area contributed by atoms with Gasteiger partial charge in [-0.3, -0.25) is 4.90 Å². The third-order valence-electron chi connectivity index (χ3n) is 4.81. The van der Waals surface area contributed by atoms with Crippen molar-refractivity contribution in [1.82, 2.24) is 29.9 Å². The summed E-state index contributed by atoms with van der Waals surface area (Å²) in [6.45, 7) is 11.0. The quantitative estimate of drug-likeness (QED) is 0.709. The molecule has 0 radical (unpaired) electrons. The summed E-state index contributed by atoms with van der Waals surface area (Å²) in [6.07, 6.45) is 0. The van der Waals surface area contributed by atoms with Crippen LogP contribution in [0.2, 0.25) is 0 Å². The lowest BCUT2D eigenvalue weighted by Gasteiger charge is -2.44. The van der Waals surface area contributed by atoms with Crippen LogP contribution in [0.4, 0.5) is 5.82 Å². The fraction of sp³-hybridized carbons (Fsp3) is 0.556. The molecular formula is C18H25N7O. The monoisotopic (exact) mass is 355 g/mol. The molecule has 3 aromatic heterocycles. The highest BCUT2D eigenvalue weighted by molar-refractivity contribution is 5.48. The summed E-state index contributed by atoms with van der Waals surface area (Å²) in [4.78, 5) is 4.58. The Balaban J connectivity index is 1.45. The van der Waals surface area contributed by atoms with E-state index in [1.54, 1.807) is 0 Å². The minimum absolute atomic E-state index is 0.0993. The first-order chi connectivity index (χ1) is 12.3. The summed E-state index contributed by atoms with van der Waals surface area (Å²) in [5.74, 6) is 2.74. The van der Waals surface area contributed by atoms with Gasteiger partial charge in [0, 0.05) is 30.6 Å². The molecule has 0 N–H and O–H groups in total. The second kappa shape index (κ2) is 6.05. The fourth-order valence-electron chi connectivity index (χ4n) is 3.20. The van der Waals surface area contributed by atoms with Crippen LogP contribution in [0.1, 0.15) is 38.0 Å². The van der Waals surface area contributed by atoms with Crippen molar-refractivity contribution in [2.24, 2.45) is 0 Å². The van der Waals surface area contributed by atoms with Gasteiger partial charge in [0.25, 0.3) is 0 Å². The average molecular weight is 355 g/mol. The van der Waals surface area contributed by atoms with Crippen molar-refractivity contribution in [1.29, 1.82) is 0 Å². The lowest BCUT2D eigenvalue weighted by atomic mass is 9.96. The van der Waals surface area contributed by atoms with Crippen molar-refractivity contribution in [3.05, 3.63) is 35.5 Å². The molecule has 26 heavy (non-hydrogen) atoms. The van der Waals surface area contributed by atoms with Crippen molar-refractivity contribution in [2.45, 2.75) is 45.7 Å². The Morgan fingerprint density at radius 1 is 1.23 bits per heavy atom. The van der Waals surface area contributed by atoms with Crippen molar-refractivity contribution in [3.8, 4) is 0 Å². The van der Waals surface area contributed by atoms with Crippen LogP contribution in [0.25, 0.3) is 5.65 Å². The maximum atomic E-state index is 5.31. The van der Waals surface area contributed by atoms with E-state index in [4.69, 9.17) is 9.62 Å². The molecular weight excluding hydrogens is 330 g/mol. The lowest BCUT2D eigenvalue weighted by molar-refractivity contribution is 0.177. The molecule has 0 spiro atoms. The molecule has 0 aliphatic carbocycles. The number of nitrogens with zero attached hydrogens (tertiary/aromatic N) is 7. The van der Waals surface area contributed by atoms with Gasteiger partial charge in [-0.05, 0) is 26.1 Å². The number of hydrogen-bond acceptors (Lipinski definition) is 7. The molecule has 0 saturated carbocycles. The first kappa shape index (κ1) is 17.0. The van der Waals surface area contributed by atoms with Crippen LogP contribution in [0.3, 0.4) is 0 Å². The Labute approximate surface area is 152 Å². The van der Waals surface area contributed by atoms with E-state index in [9.17, 15) is 0 Å². The van der Waals surface area contributed by atoms with Gasteiger partial charge in [0.15, 0.2) is 17.2 Å². The molecule has 8 nitrogen and oxygen atoms in total. The van der Waals surface area contributed by atoms with Gasteiger partial charge in [-0.15, -0.1) is 15.3 Å². The van der Waals surface area contributed by atoms with Crippen LogP contribution in [-0.4, -0.2) is 56.0 Å². The molecule has 0 unspecified atom stereocenters. The number of rotatable bonds is 4. The molecule has 1 saturated heterocycles. The van der Waals surface area contributed by atoms with E-state index >= 15 is 0 Å². The van der Waals surface area contributed by atoms with Gasteiger partial charge < -0.3 is 9.42 Å². The normalized spacial score (nSPS) is 15.8. The summed E-state index contributed by atoms with van der Waals surface area (Å²) in [5, 5.41) is 17.3. The summed E-state index contributed by atoms with van der Waals surface area (Å²) >= 11 is 0. The smallest absolute Gasteiger partial charge is 0.178 e. The molecule has 0 amide bonds. The van der Waals surface area contributed by atoms with E-state index in [1.807, 2.05) is 29.6 Å². The van der Waals surface area contributed by atoms with E-state index < -0.39 is 0 Å². The molecule has 4 heterocycles. The second-order valence-electron chi connectivity index (χ2n) is 8.14. The molecule has 1 aliphatic rings. The zero-order chi connectivity index (χ0) is 18.5. The van der Waals surface area contributed by atoms with Crippen LogP contribution in [-0.2, 0) is 12.0 Å². The highest BCUT2D eigenvalue weighted by atomic mass is 16.5. The van der Waals surface area contributed by atoms with Gasteiger partial charge >= 0.3 is 0 Å². The Morgan fingerprint density at radius 3 is 2.65 bits per heavy atom. The minimum Gasteiger partial charge on any atom is -0.360 e. The summed E-state index contributed by atoms with van der Waals surface area (Å²) in [5.41, 5.74) is 1.61. The van der Waals surface area contributed by atoms with Gasteiger partial charge in [-0.25, -0.2) is 0 Å². The van der Waals surface area contributed by atoms with E-state index in [2.05, 4.69) is 53.0 Å². The Hall–Kier alpha value is -2.48. The van der Waals surface area contributed by atoms with Gasteiger partial charge in [0.05, 0.1) is 12.2 Å². The number of aromatic nitrogens is 5. The third-order valence-corrected chi connectivity index (χ3v) is 4.81. The van der Waals surface area contributed by atoms with E-state index in [0.717, 1.165) is 48.4 Å². The van der Waals surface area contributed by atoms with Crippen molar-refractivity contribution < 1.29 is 4.52 Å². The van der Waals surface area contributed by atoms with Crippen LogP contribution in [0.5, 0.6) is 0 Å². The number of fused-ring (bicyclic) bond motifs is 1. The average Bonchev–Trinajstić information content (AvgIpc) is 3.11. The largest absolute Gasteiger partial charge is 0.360 e. The topological polar surface area (TPSA) is 75.6 Å². The van der Waals surface area contributed by atoms with Crippen LogP contribution >= 0.6 is 0 Å². The Morgan fingerprint density at radius 2 is 2.00 bits per heavy atom. The maximum absolute atomic E-state index is 5.31. The molecule has 0 atom stereocenters. The lowest BCUT2D eigenvalue weighted by Crippen LogP contribution is -2.58. The van der Waals surface area contributed by atoms with E-state index in [-0.39, 0.29) is 5.41 Å². The molecule has 4 rings (SSSR count). The van der Waals surface area contributed by atoms with Crippen LogP contribution < -0.4 is 4.90 Å². The highest BCUT2D eigenvalue weighted by Gasteiger charge is 2.32. The van der Waals surface area contributed by atoms with E-state index in [1.165, 1.54) is 0 Å². The zero-order valence-corrected chi connectivity index (χ0v) is 16.0. The number of anilines is 1. The van der Waals surface area contributed by atoms with Crippen LogP contribution in [0.15, 0.2) is 22.7 Å². The predicted molar refractivity (Wildman–Crippen MR) is 98.2 cm³/mol. The molecule has 138 valence electrons. The summed E-state index contributed by atoms with van der Waals surface area (Å²) in [6, 6.07) is 6.47. The maximum Gasteiger partial charge on any atom is 0.178 e. The standard InChI is InChI=1S/C18H25N7O/c1-12-8-14(26-22-12)11-23(5)13-9-24(10-13)16-7-6-15-19-20-17(18(2,3)4)25(15)21-16/h6-8,13H,9-11H2,1-5H3. The molecule has 0 bridgehead atoms. The predicted octanol–water partition coefficient (Wildman–Crippen LogP) is 2.04. The minimum atomic E-state index is -0.0993. The number of hydrogen-bond donors (Lipinski definition) is 0. The number of aryl methyl sites for hydroxylation is 1. The molecule has 8 heteroatoms. The second-order valence-corrected chi connectivity index (χ2v) is 8.14. The fourth-order valence-corrected chi connectivity index (χ4v) is 3.20. The van der Waals surface area contributed by atoms with Crippen molar-refractivity contribution in [2.75, 3.05) is 25.0 Å². The first-order valence-corrected chi connectivity index (χ1v) is 8.91. The van der Waals surface area contributed by atoms with Gasteiger partial charge in [-0.1, -0.05) is 25.9 Å². The molecule has 1 aliphatic heterocycles. The summed E-state index contributed by atoms with van der Waals surface area (Å²) < 4.78 is 7.18. The van der Waals surface area contributed by atoms with Crippen molar-refractivity contribution >= 4 is 11.5 Å². The van der Waals surface area contributed by atoms with Crippen molar-refractivity contribution in [3.63, 3.8) is 0 Å². The molecule has 0 aromatic carbocycles. The van der Waals surface area contributed by atoms with Gasteiger partial charge in [-0.2, -0.15) is 4.52 Å². The first-order valence-electron chi connectivity index (χ1n) is 8.91. The molecule has 3 aromatic rings. The van der Waals surface area contributed by atoms with E-state index in [0.29, 0.717) is 6.04 Å². The molecule has 1 fully saturated rings. The number of likely N-dealkylation sites (N-methyl/N-ethyl adjacent to an activating group) is 1. The highest BCUT2D eigenvalue weighted by Crippen LogP contribution is 2.25.